The molecule has 1 aliphatic rings. The van der Waals surface area contributed by atoms with Gasteiger partial charge in [-0.2, -0.15) is 0 Å². The van der Waals surface area contributed by atoms with Crippen molar-refractivity contribution >= 4 is 6.41 Å². The molecule has 0 saturated carbocycles. The van der Waals surface area contributed by atoms with Gasteiger partial charge in [-0.3, -0.25) is 9.63 Å². The highest BCUT2D eigenvalue weighted by atomic mass is 16.6. The summed E-state index contributed by atoms with van der Waals surface area (Å²) in [6.07, 6.45) is 0.548. The number of rotatable bonds is 4. The van der Waals surface area contributed by atoms with E-state index < -0.39 is 0 Å². The number of hydrogen-bond acceptors (Lipinski definition) is 2. The Morgan fingerprint density at radius 2 is 1.56 bits per heavy atom. The predicted octanol–water partition coefficient (Wildman–Crippen LogP) is 2.48. The van der Waals surface area contributed by atoms with Crippen LogP contribution in [-0.4, -0.2) is 13.0 Å². The number of carbonyl (C=O) groups is 1. The van der Waals surface area contributed by atoms with Crippen molar-refractivity contribution in [2.24, 2.45) is 0 Å². The maximum Gasteiger partial charge on any atom is 0.230 e. The van der Waals surface area contributed by atoms with Gasteiger partial charge in [0.05, 0.1) is 6.61 Å². The van der Waals surface area contributed by atoms with E-state index in [0.717, 1.165) is 0 Å². The molecule has 0 fully saturated rings. The molecule has 0 unspecified atom stereocenters. The average molecular weight is 239 g/mol. The first-order valence-corrected chi connectivity index (χ1v) is 5.91. The summed E-state index contributed by atoms with van der Waals surface area (Å²) in [6.45, 7) is 0.451. The molecule has 3 nitrogen and oxygen atoms in total. The molecule has 3 heteroatoms. The fraction of sp³-hybridized carbons (Fsp3) is 0.133. The van der Waals surface area contributed by atoms with Crippen LogP contribution in [0.2, 0.25) is 0 Å². The maximum atomic E-state index is 10.2. The van der Waals surface area contributed by atoms with Crippen LogP contribution in [-0.2, 0) is 9.63 Å². The molecule has 18 heavy (non-hydrogen) atoms. The summed E-state index contributed by atoms with van der Waals surface area (Å²) in [4.78, 5) is 15.4. The van der Waals surface area contributed by atoms with Crippen LogP contribution in [0.25, 0.3) is 11.1 Å². The lowest BCUT2D eigenvalue weighted by molar-refractivity contribution is -0.120. The number of carbonyl (C=O) groups excluding carboxylic acids is 1. The molecule has 0 heterocycles. The molecule has 0 atom stereocenters. The van der Waals surface area contributed by atoms with Crippen molar-refractivity contribution in [3.63, 3.8) is 0 Å². The summed E-state index contributed by atoms with van der Waals surface area (Å²) in [5.74, 6) is 0.185. The van der Waals surface area contributed by atoms with Crippen molar-refractivity contribution in [2.75, 3.05) is 6.61 Å². The second-order valence-electron chi connectivity index (χ2n) is 4.27. The number of fused-ring (bicyclic) bond motifs is 3. The topological polar surface area (TPSA) is 38.3 Å². The molecule has 1 N–H and O–H groups in total. The van der Waals surface area contributed by atoms with Gasteiger partial charge in [0.25, 0.3) is 0 Å². The number of nitrogens with one attached hydrogen (secondary N) is 1. The van der Waals surface area contributed by atoms with Gasteiger partial charge in [0.2, 0.25) is 6.41 Å². The Balaban J connectivity index is 2.01. The minimum Gasteiger partial charge on any atom is -0.277 e. The van der Waals surface area contributed by atoms with Crippen LogP contribution in [0.4, 0.5) is 0 Å². The van der Waals surface area contributed by atoms with Crippen molar-refractivity contribution in [3.05, 3.63) is 59.7 Å². The van der Waals surface area contributed by atoms with Crippen molar-refractivity contribution in [2.45, 2.75) is 5.92 Å². The summed E-state index contributed by atoms with van der Waals surface area (Å²) < 4.78 is 0. The molecule has 1 aliphatic carbocycles. The van der Waals surface area contributed by atoms with Crippen molar-refractivity contribution in [3.8, 4) is 11.1 Å². The Hall–Kier alpha value is -2.13. The Kier molecular flexibility index (Phi) is 2.82. The lowest BCUT2D eigenvalue weighted by atomic mass is 9.98. The van der Waals surface area contributed by atoms with Crippen molar-refractivity contribution in [1.29, 1.82) is 0 Å². The van der Waals surface area contributed by atoms with Gasteiger partial charge in [0.1, 0.15) is 0 Å². The maximum absolute atomic E-state index is 10.2. The van der Waals surface area contributed by atoms with Gasteiger partial charge in [-0.15, -0.1) is 0 Å². The highest BCUT2D eigenvalue weighted by Crippen LogP contribution is 2.44. The van der Waals surface area contributed by atoms with Gasteiger partial charge < -0.3 is 0 Å². The quantitative estimate of drug-likeness (QED) is 0.505. The van der Waals surface area contributed by atoms with Gasteiger partial charge in [-0.1, -0.05) is 48.5 Å². The van der Waals surface area contributed by atoms with Gasteiger partial charge in [-0.05, 0) is 22.3 Å². The Bertz CT molecular complexity index is 535. The summed E-state index contributed by atoms with van der Waals surface area (Å²) in [5.41, 5.74) is 7.28. The van der Waals surface area contributed by atoms with Gasteiger partial charge in [-0.25, -0.2) is 5.48 Å². The molecule has 0 spiro atoms. The van der Waals surface area contributed by atoms with E-state index in [9.17, 15) is 4.79 Å². The second-order valence-corrected chi connectivity index (χ2v) is 4.27. The van der Waals surface area contributed by atoms with E-state index in [0.29, 0.717) is 13.0 Å². The number of benzene rings is 2. The molecule has 0 bridgehead atoms. The number of hydrogen-bond donors (Lipinski definition) is 1. The Morgan fingerprint density at radius 3 is 2.11 bits per heavy atom. The molecule has 2 aromatic carbocycles. The minimum atomic E-state index is 0.185. The van der Waals surface area contributed by atoms with Gasteiger partial charge in [0.15, 0.2) is 0 Å². The number of amides is 1. The third-order valence-electron chi connectivity index (χ3n) is 3.34. The fourth-order valence-electron chi connectivity index (χ4n) is 2.60. The molecule has 1 amide bonds. The first-order chi connectivity index (χ1) is 8.92. The third kappa shape index (κ3) is 1.69. The summed E-state index contributed by atoms with van der Waals surface area (Å²) in [7, 11) is 0. The van der Waals surface area contributed by atoms with E-state index in [2.05, 4.69) is 29.7 Å². The molecule has 3 rings (SSSR count). The zero-order valence-corrected chi connectivity index (χ0v) is 9.80. The van der Waals surface area contributed by atoms with Crippen LogP contribution < -0.4 is 5.48 Å². The Morgan fingerprint density at radius 1 is 1.00 bits per heavy atom. The zero-order valence-electron chi connectivity index (χ0n) is 9.80. The van der Waals surface area contributed by atoms with Crippen LogP contribution >= 0.6 is 0 Å². The molecule has 0 aliphatic heterocycles. The molecule has 0 saturated heterocycles. The first-order valence-electron chi connectivity index (χ1n) is 5.91. The van der Waals surface area contributed by atoms with Crippen molar-refractivity contribution < 1.29 is 9.63 Å². The van der Waals surface area contributed by atoms with Crippen LogP contribution in [0.3, 0.4) is 0 Å². The van der Waals surface area contributed by atoms with E-state index in [-0.39, 0.29) is 5.92 Å². The molecule has 90 valence electrons. The smallest absolute Gasteiger partial charge is 0.230 e. The Labute approximate surface area is 105 Å². The first kappa shape index (κ1) is 11.0. The molecular formula is C15H13NO2. The molecule has 0 radical (unpaired) electrons. The van der Waals surface area contributed by atoms with Crippen molar-refractivity contribution in [1.82, 2.24) is 5.48 Å². The van der Waals surface area contributed by atoms with Crippen LogP contribution in [0.5, 0.6) is 0 Å². The van der Waals surface area contributed by atoms with E-state index in [1.165, 1.54) is 22.3 Å². The molecule has 0 aromatic heterocycles. The standard InChI is InChI=1S/C15H13NO2/c17-10-16-18-9-15-13-7-3-1-5-11(13)12-6-2-4-8-14(12)15/h1-8,10,15H,9H2,(H,16,17). The highest BCUT2D eigenvalue weighted by molar-refractivity contribution is 5.78. The molecule has 2 aromatic rings. The third-order valence-corrected chi connectivity index (χ3v) is 3.34. The molecular weight excluding hydrogens is 226 g/mol. The summed E-state index contributed by atoms with van der Waals surface area (Å²) >= 11 is 0. The van der Waals surface area contributed by atoms with E-state index in [1.54, 1.807) is 0 Å². The SMILES string of the molecule is O=CNOCC1c2ccccc2-c2ccccc21. The van der Waals surface area contributed by atoms with Crippen LogP contribution in [0, 0.1) is 0 Å². The van der Waals surface area contributed by atoms with E-state index in [1.807, 2.05) is 24.3 Å². The normalized spacial score (nSPS) is 12.9. The van der Waals surface area contributed by atoms with E-state index >= 15 is 0 Å². The predicted molar refractivity (Wildman–Crippen MR) is 68.9 cm³/mol. The average Bonchev–Trinajstić information content (AvgIpc) is 2.74. The summed E-state index contributed by atoms with van der Waals surface area (Å²) in [5, 5.41) is 0. The van der Waals surface area contributed by atoms with Crippen LogP contribution in [0.15, 0.2) is 48.5 Å². The van der Waals surface area contributed by atoms with Gasteiger partial charge in [0, 0.05) is 5.92 Å². The lowest BCUT2D eigenvalue weighted by Crippen LogP contribution is -2.17. The number of hydroxylamine groups is 1. The zero-order chi connectivity index (χ0) is 12.4. The monoisotopic (exact) mass is 239 g/mol. The fourth-order valence-corrected chi connectivity index (χ4v) is 2.60. The largest absolute Gasteiger partial charge is 0.277 e. The minimum absolute atomic E-state index is 0.185. The second kappa shape index (κ2) is 4.63. The lowest BCUT2D eigenvalue weighted by Gasteiger charge is -2.12. The summed E-state index contributed by atoms with van der Waals surface area (Å²) in [6, 6.07) is 16.6. The highest BCUT2D eigenvalue weighted by Gasteiger charge is 2.27. The van der Waals surface area contributed by atoms with E-state index in [4.69, 9.17) is 4.84 Å². The van der Waals surface area contributed by atoms with Crippen LogP contribution in [0.1, 0.15) is 17.0 Å². The van der Waals surface area contributed by atoms with Gasteiger partial charge >= 0.3 is 0 Å².